The van der Waals surface area contributed by atoms with Crippen molar-refractivity contribution in [2.45, 2.75) is 39.3 Å². The molecule has 0 radical (unpaired) electrons. The highest BCUT2D eigenvalue weighted by atomic mass is 16.4. The van der Waals surface area contributed by atoms with Gasteiger partial charge in [0.05, 0.1) is 12.2 Å². The maximum atomic E-state index is 11.6. The molecule has 0 saturated heterocycles. The molecule has 1 rings (SSSR count). The average Bonchev–Trinajstić information content (AvgIpc) is 2.42. The highest BCUT2D eigenvalue weighted by Gasteiger charge is 2.17. The van der Waals surface area contributed by atoms with Crippen LogP contribution in [0.2, 0.25) is 0 Å². The number of aryl methyl sites for hydroxylation is 1. The van der Waals surface area contributed by atoms with E-state index >= 15 is 0 Å². The number of nitrogens with one attached hydrogen (secondary N) is 2. The number of nitrogens with zero attached hydrogens (tertiary/aromatic N) is 1. The summed E-state index contributed by atoms with van der Waals surface area (Å²) in [6, 6.07) is 2.44. The Morgan fingerprint density at radius 2 is 2.16 bits per heavy atom. The lowest BCUT2D eigenvalue weighted by molar-refractivity contribution is -0.139. The third-order valence-corrected chi connectivity index (χ3v) is 2.79. The Kier molecular flexibility index (Phi) is 5.78. The Labute approximate surface area is 112 Å². The first-order valence-electron chi connectivity index (χ1n) is 6.28. The molecule has 0 fully saturated rings. The van der Waals surface area contributed by atoms with Crippen LogP contribution in [0.4, 0.5) is 4.79 Å². The van der Waals surface area contributed by atoms with Gasteiger partial charge in [-0.1, -0.05) is 19.9 Å². The van der Waals surface area contributed by atoms with Crippen molar-refractivity contribution < 1.29 is 14.7 Å². The second-order valence-corrected chi connectivity index (χ2v) is 4.09. The van der Waals surface area contributed by atoms with Crippen LogP contribution in [0.3, 0.4) is 0 Å². The number of pyridine rings is 1. The first-order valence-corrected chi connectivity index (χ1v) is 6.28. The number of carboxylic acids is 1. The molecule has 0 unspecified atom stereocenters. The summed E-state index contributed by atoms with van der Waals surface area (Å²) in [7, 11) is 0. The van der Waals surface area contributed by atoms with Gasteiger partial charge in [-0.3, -0.25) is 4.98 Å². The van der Waals surface area contributed by atoms with E-state index in [0.717, 1.165) is 17.7 Å². The van der Waals surface area contributed by atoms with E-state index in [4.69, 9.17) is 5.11 Å². The lowest BCUT2D eigenvalue weighted by Crippen LogP contribution is -2.45. The molecule has 0 aromatic carbocycles. The molecule has 19 heavy (non-hydrogen) atoms. The molecule has 1 heterocycles. The van der Waals surface area contributed by atoms with Gasteiger partial charge >= 0.3 is 12.0 Å². The van der Waals surface area contributed by atoms with Crippen LogP contribution >= 0.6 is 0 Å². The van der Waals surface area contributed by atoms with E-state index in [0.29, 0.717) is 6.42 Å². The smallest absolute Gasteiger partial charge is 0.326 e. The van der Waals surface area contributed by atoms with Gasteiger partial charge in [0.2, 0.25) is 0 Å². The largest absolute Gasteiger partial charge is 0.480 e. The van der Waals surface area contributed by atoms with E-state index in [1.165, 1.54) is 0 Å². The Hall–Kier alpha value is -2.11. The Balaban J connectivity index is 2.52. The zero-order valence-corrected chi connectivity index (χ0v) is 11.1. The summed E-state index contributed by atoms with van der Waals surface area (Å²) in [6.07, 6.45) is 2.84. The van der Waals surface area contributed by atoms with Crippen LogP contribution in [0, 0.1) is 0 Å². The van der Waals surface area contributed by atoms with Crippen molar-refractivity contribution in [2.24, 2.45) is 0 Å². The molecule has 0 saturated carbocycles. The van der Waals surface area contributed by atoms with Gasteiger partial charge in [0.1, 0.15) is 6.04 Å². The summed E-state index contributed by atoms with van der Waals surface area (Å²) in [5, 5.41) is 13.8. The van der Waals surface area contributed by atoms with Crippen molar-refractivity contribution in [2.75, 3.05) is 0 Å². The molecule has 3 N–H and O–H groups in total. The van der Waals surface area contributed by atoms with Crippen LogP contribution in [0.1, 0.15) is 31.5 Å². The molecule has 1 atom stereocenters. The monoisotopic (exact) mass is 265 g/mol. The zero-order chi connectivity index (χ0) is 14.3. The summed E-state index contributed by atoms with van der Waals surface area (Å²) < 4.78 is 0. The van der Waals surface area contributed by atoms with Crippen molar-refractivity contribution in [3.8, 4) is 0 Å². The van der Waals surface area contributed by atoms with Gasteiger partial charge in [-0.2, -0.15) is 0 Å². The Morgan fingerprint density at radius 3 is 2.74 bits per heavy atom. The van der Waals surface area contributed by atoms with E-state index in [1.54, 1.807) is 13.1 Å². The lowest BCUT2D eigenvalue weighted by Gasteiger charge is -2.13. The van der Waals surface area contributed by atoms with Gasteiger partial charge in [0.25, 0.3) is 0 Å². The van der Waals surface area contributed by atoms with Gasteiger partial charge in [0, 0.05) is 6.20 Å². The van der Waals surface area contributed by atoms with E-state index < -0.39 is 18.0 Å². The Morgan fingerprint density at radius 1 is 1.42 bits per heavy atom. The van der Waals surface area contributed by atoms with Crippen LogP contribution in [-0.4, -0.2) is 28.1 Å². The predicted molar refractivity (Wildman–Crippen MR) is 70.7 cm³/mol. The van der Waals surface area contributed by atoms with E-state index in [9.17, 15) is 9.59 Å². The number of carbonyl (C=O) groups excluding carboxylic acids is 1. The molecule has 0 aliphatic rings. The highest BCUT2D eigenvalue weighted by molar-refractivity contribution is 5.82. The van der Waals surface area contributed by atoms with Crippen molar-refractivity contribution in [1.82, 2.24) is 15.6 Å². The minimum Gasteiger partial charge on any atom is -0.480 e. The van der Waals surface area contributed by atoms with Gasteiger partial charge in [0.15, 0.2) is 0 Å². The molecule has 1 aromatic rings. The number of rotatable bonds is 6. The quantitative estimate of drug-likeness (QED) is 0.723. The SMILES string of the molecule is CCc1cccnc1CNC(=O)N[C@@H](CC)C(=O)O. The standard InChI is InChI=1S/C13H19N3O3/c1-3-9-6-5-7-14-11(9)8-15-13(19)16-10(4-2)12(17)18/h5-7,10H,3-4,8H2,1-2H3,(H,17,18)(H2,15,16,19)/t10-/m0/s1. The molecule has 104 valence electrons. The van der Waals surface area contributed by atoms with Gasteiger partial charge in [-0.25, -0.2) is 9.59 Å². The van der Waals surface area contributed by atoms with E-state index in [1.807, 2.05) is 19.1 Å². The number of urea groups is 1. The van der Waals surface area contributed by atoms with Crippen LogP contribution in [0.15, 0.2) is 18.3 Å². The number of aliphatic carboxylic acids is 1. The first-order chi connectivity index (χ1) is 9.08. The number of amides is 2. The van der Waals surface area contributed by atoms with Crippen molar-refractivity contribution in [1.29, 1.82) is 0 Å². The van der Waals surface area contributed by atoms with Crippen LogP contribution < -0.4 is 10.6 Å². The molecule has 2 amide bonds. The molecule has 6 heteroatoms. The Bertz CT molecular complexity index is 449. The topological polar surface area (TPSA) is 91.3 Å². The second kappa shape index (κ2) is 7.35. The second-order valence-electron chi connectivity index (χ2n) is 4.09. The average molecular weight is 265 g/mol. The third-order valence-electron chi connectivity index (χ3n) is 2.79. The number of hydrogen-bond donors (Lipinski definition) is 3. The fourth-order valence-corrected chi connectivity index (χ4v) is 1.66. The lowest BCUT2D eigenvalue weighted by atomic mass is 10.1. The number of carbonyl (C=O) groups is 2. The van der Waals surface area contributed by atoms with Crippen LogP contribution in [-0.2, 0) is 17.8 Å². The molecular formula is C13H19N3O3. The summed E-state index contributed by atoms with van der Waals surface area (Å²) in [5.41, 5.74) is 1.86. The molecule has 6 nitrogen and oxygen atoms in total. The van der Waals surface area contributed by atoms with E-state index in [2.05, 4.69) is 15.6 Å². The first kappa shape index (κ1) is 14.9. The summed E-state index contributed by atoms with van der Waals surface area (Å²) in [5.74, 6) is -1.04. The fourth-order valence-electron chi connectivity index (χ4n) is 1.66. The van der Waals surface area contributed by atoms with E-state index in [-0.39, 0.29) is 6.54 Å². The maximum Gasteiger partial charge on any atom is 0.326 e. The molecule has 0 bridgehead atoms. The van der Waals surface area contributed by atoms with Crippen molar-refractivity contribution in [3.05, 3.63) is 29.6 Å². The highest BCUT2D eigenvalue weighted by Crippen LogP contribution is 2.05. The predicted octanol–water partition coefficient (Wildman–Crippen LogP) is 1.31. The summed E-state index contributed by atoms with van der Waals surface area (Å²) in [6.45, 7) is 4.00. The van der Waals surface area contributed by atoms with Crippen LogP contribution in [0.5, 0.6) is 0 Å². The molecule has 0 spiro atoms. The molecule has 1 aromatic heterocycles. The fraction of sp³-hybridized carbons (Fsp3) is 0.462. The molecular weight excluding hydrogens is 246 g/mol. The van der Waals surface area contributed by atoms with Crippen molar-refractivity contribution in [3.63, 3.8) is 0 Å². The number of hydrogen-bond acceptors (Lipinski definition) is 3. The number of carboxylic acid groups (broad SMARTS) is 1. The van der Waals surface area contributed by atoms with Gasteiger partial charge < -0.3 is 15.7 Å². The summed E-state index contributed by atoms with van der Waals surface area (Å²) >= 11 is 0. The normalized spacial score (nSPS) is 11.7. The van der Waals surface area contributed by atoms with Crippen molar-refractivity contribution >= 4 is 12.0 Å². The number of aromatic nitrogens is 1. The van der Waals surface area contributed by atoms with Crippen LogP contribution in [0.25, 0.3) is 0 Å². The summed E-state index contributed by atoms with van der Waals surface area (Å²) in [4.78, 5) is 26.6. The third kappa shape index (κ3) is 4.57. The maximum absolute atomic E-state index is 11.6. The van der Waals surface area contributed by atoms with Gasteiger partial charge in [-0.05, 0) is 24.5 Å². The minimum atomic E-state index is -1.04. The molecule has 0 aliphatic heterocycles. The zero-order valence-electron chi connectivity index (χ0n) is 11.1. The molecule has 0 aliphatic carbocycles. The van der Waals surface area contributed by atoms with Gasteiger partial charge in [-0.15, -0.1) is 0 Å². The minimum absolute atomic E-state index is 0.284.